The third kappa shape index (κ3) is 4.42. The maximum atomic E-state index is 11.8. The number of benzene rings is 2. The molecule has 0 saturated carbocycles. The van der Waals surface area contributed by atoms with Crippen LogP contribution < -0.4 is 10.1 Å². The molecule has 0 spiro atoms. The number of imidazole rings is 1. The van der Waals surface area contributed by atoms with Gasteiger partial charge in [-0.15, -0.1) is 0 Å². The van der Waals surface area contributed by atoms with Crippen molar-refractivity contribution >= 4 is 28.5 Å². The normalized spacial score (nSPS) is 12.1. The van der Waals surface area contributed by atoms with Crippen LogP contribution in [0.2, 0.25) is 5.02 Å². The highest BCUT2D eigenvalue weighted by molar-refractivity contribution is 6.30. The van der Waals surface area contributed by atoms with E-state index in [1.54, 1.807) is 19.2 Å². The summed E-state index contributed by atoms with van der Waals surface area (Å²) in [6.07, 6.45) is 0.729. The minimum atomic E-state index is -0.0673. The van der Waals surface area contributed by atoms with Crippen molar-refractivity contribution in [1.82, 2.24) is 14.9 Å². The molecule has 3 aromatic rings. The summed E-state index contributed by atoms with van der Waals surface area (Å²) in [7, 11) is 1.67. The number of hydrogen-bond donors (Lipinski definition) is 1. The van der Waals surface area contributed by atoms with Crippen molar-refractivity contribution < 1.29 is 9.53 Å². The monoisotopic (exact) mass is 385 g/mol. The molecule has 0 aliphatic heterocycles. The van der Waals surface area contributed by atoms with Crippen LogP contribution in [0.1, 0.15) is 24.7 Å². The first-order chi connectivity index (χ1) is 13.0. The summed E-state index contributed by atoms with van der Waals surface area (Å²) in [6, 6.07) is 13.4. The lowest BCUT2D eigenvalue weighted by Crippen LogP contribution is -2.26. The van der Waals surface area contributed by atoms with E-state index in [1.165, 1.54) is 0 Å². The predicted octanol–water partition coefficient (Wildman–Crippen LogP) is 4.35. The van der Waals surface area contributed by atoms with Crippen LogP contribution in [-0.2, 0) is 17.9 Å². The zero-order valence-electron chi connectivity index (χ0n) is 15.8. The Kier molecular flexibility index (Phi) is 6.01. The molecule has 0 fully saturated rings. The van der Waals surface area contributed by atoms with Gasteiger partial charge in [0.1, 0.15) is 18.2 Å². The second-order valence-corrected chi connectivity index (χ2v) is 7.11. The molecule has 0 aliphatic rings. The zero-order chi connectivity index (χ0) is 19.4. The highest BCUT2D eigenvalue weighted by atomic mass is 35.5. The first kappa shape index (κ1) is 19.2. The smallest absolute Gasteiger partial charge is 0.222 e. The largest absolute Gasteiger partial charge is 0.486 e. The lowest BCUT2D eigenvalue weighted by Gasteiger charge is -2.14. The van der Waals surface area contributed by atoms with Gasteiger partial charge in [0, 0.05) is 24.5 Å². The molecule has 5 nitrogen and oxygen atoms in total. The Balaban J connectivity index is 1.85. The predicted molar refractivity (Wildman–Crippen MR) is 108 cm³/mol. The summed E-state index contributed by atoms with van der Waals surface area (Å²) >= 11 is 5.93. The summed E-state index contributed by atoms with van der Waals surface area (Å²) in [4.78, 5) is 16.6. The Hall–Kier alpha value is -2.53. The van der Waals surface area contributed by atoms with Gasteiger partial charge in [-0.1, -0.05) is 30.7 Å². The number of rotatable bonds is 7. The lowest BCUT2D eigenvalue weighted by atomic mass is 10.1. The topological polar surface area (TPSA) is 56.2 Å². The highest BCUT2D eigenvalue weighted by Gasteiger charge is 2.16. The molecule has 2 aromatic carbocycles. The van der Waals surface area contributed by atoms with Crippen LogP contribution in [0.15, 0.2) is 42.5 Å². The minimum Gasteiger partial charge on any atom is -0.486 e. The average molecular weight is 386 g/mol. The Bertz CT molecular complexity index is 934. The van der Waals surface area contributed by atoms with Crippen molar-refractivity contribution in [3.63, 3.8) is 0 Å². The van der Waals surface area contributed by atoms with Crippen LogP contribution >= 0.6 is 11.6 Å². The van der Waals surface area contributed by atoms with Crippen molar-refractivity contribution in [3.8, 4) is 5.75 Å². The van der Waals surface area contributed by atoms with Crippen LogP contribution in [-0.4, -0.2) is 22.5 Å². The molecule has 0 aliphatic carbocycles. The van der Waals surface area contributed by atoms with Crippen LogP contribution in [0, 0.1) is 12.8 Å². The molecule has 142 valence electrons. The molecular formula is C21H24ClN3O2. The molecule has 27 heavy (non-hydrogen) atoms. The third-order valence-electron chi connectivity index (χ3n) is 4.72. The van der Waals surface area contributed by atoms with Crippen LogP contribution in [0.4, 0.5) is 0 Å². The van der Waals surface area contributed by atoms with E-state index in [-0.39, 0.29) is 11.8 Å². The molecule has 0 bridgehead atoms. The number of nitrogens with one attached hydrogen (secondary N) is 1. The van der Waals surface area contributed by atoms with Gasteiger partial charge in [0.2, 0.25) is 5.91 Å². The van der Waals surface area contributed by atoms with E-state index in [0.29, 0.717) is 18.2 Å². The van der Waals surface area contributed by atoms with E-state index >= 15 is 0 Å². The fourth-order valence-electron chi connectivity index (χ4n) is 3.07. The minimum absolute atomic E-state index is 0.0505. The fourth-order valence-corrected chi connectivity index (χ4v) is 3.20. The Morgan fingerprint density at radius 3 is 2.70 bits per heavy atom. The number of fused-ring (bicyclic) bond motifs is 1. The average Bonchev–Trinajstić information content (AvgIpc) is 3.04. The number of para-hydroxylation sites is 1. The van der Waals surface area contributed by atoms with Gasteiger partial charge in [0.05, 0.1) is 11.0 Å². The summed E-state index contributed by atoms with van der Waals surface area (Å²) in [5.41, 5.74) is 3.16. The van der Waals surface area contributed by atoms with Crippen molar-refractivity contribution in [1.29, 1.82) is 0 Å². The number of halogens is 1. The van der Waals surface area contributed by atoms with Gasteiger partial charge in [-0.05, 0) is 49.2 Å². The van der Waals surface area contributed by atoms with E-state index in [0.717, 1.165) is 34.6 Å². The first-order valence-corrected chi connectivity index (χ1v) is 9.42. The van der Waals surface area contributed by atoms with Crippen molar-refractivity contribution in [2.24, 2.45) is 5.92 Å². The van der Waals surface area contributed by atoms with Crippen LogP contribution in [0.3, 0.4) is 0 Å². The van der Waals surface area contributed by atoms with E-state index < -0.39 is 0 Å². The van der Waals surface area contributed by atoms with Gasteiger partial charge in [-0.25, -0.2) is 4.98 Å². The second kappa shape index (κ2) is 8.44. The van der Waals surface area contributed by atoms with Crippen molar-refractivity contribution in [2.45, 2.75) is 33.4 Å². The maximum absolute atomic E-state index is 11.8. The molecular weight excluding hydrogens is 362 g/mol. The second-order valence-electron chi connectivity index (χ2n) is 6.67. The number of aromatic nitrogens is 2. The number of carbonyl (C=O) groups is 1. The molecule has 1 N–H and O–H groups in total. The quantitative estimate of drug-likeness (QED) is 0.657. The fraction of sp³-hybridized carbons (Fsp3) is 0.333. The van der Waals surface area contributed by atoms with Gasteiger partial charge in [0.15, 0.2) is 0 Å². The standard InChI is InChI=1S/C21H24ClN3O2/c1-14-5-4-6-18-20(14)24-19(13-27-17-9-7-16(22)8-10-17)25(18)12-11-15(2)21(26)23-3/h4-10,15H,11-13H2,1-3H3,(H,23,26). The van der Waals surface area contributed by atoms with E-state index in [9.17, 15) is 4.79 Å². The summed E-state index contributed by atoms with van der Waals surface area (Å²) in [5.74, 6) is 1.57. The molecule has 1 heterocycles. The molecule has 3 rings (SSSR count). The Morgan fingerprint density at radius 2 is 2.00 bits per heavy atom. The molecule has 1 aromatic heterocycles. The molecule has 1 unspecified atom stereocenters. The SMILES string of the molecule is CNC(=O)C(C)CCn1c(COc2ccc(Cl)cc2)nc2c(C)cccc21. The van der Waals surface area contributed by atoms with Crippen molar-refractivity contribution in [2.75, 3.05) is 7.05 Å². The van der Waals surface area contributed by atoms with E-state index in [4.69, 9.17) is 21.3 Å². The maximum Gasteiger partial charge on any atom is 0.222 e. The number of hydrogen-bond acceptors (Lipinski definition) is 3. The molecule has 6 heteroatoms. The van der Waals surface area contributed by atoms with Crippen molar-refractivity contribution in [3.05, 3.63) is 58.9 Å². The number of amides is 1. The molecule has 1 amide bonds. The van der Waals surface area contributed by atoms with E-state index in [1.807, 2.05) is 25.1 Å². The van der Waals surface area contributed by atoms with Crippen LogP contribution in [0.25, 0.3) is 11.0 Å². The lowest BCUT2D eigenvalue weighted by molar-refractivity contribution is -0.124. The van der Waals surface area contributed by atoms with Crippen LogP contribution in [0.5, 0.6) is 5.75 Å². The molecule has 0 saturated heterocycles. The Morgan fingerprint density at radius 1 is 1.26 bits per heavy atom. The number of ether oxygens (including phenoxy) is 1. The van der Waals surface area contributed by atoms with Gasteiger partial charge < -0.3 is 14.6 Å². The Labute approximate surface area is 164 Å². The molecule has 1 atom stereocenters. The van der Waals surface area contributed by atoms with E-state index in [2.05, 4.69) is 28.9 Å². The highest BCUT2D eigenvalue weighted by Crippen LogP contribution is 2.23. The van der Waals surface area contributed by atoms with Gasteiger partial charge in [-0.3, -0.25) is 4.79 Å². The number of nitrogens with zero attached hydrogens (tertiary/aromatic N) is 2. The summed E-state index contributed by atoms with van der Waals surface area (Å²) < 4.78 is 8.06. The number of carbonyl (C=O) groups excluding carboxylic acids is 1. The van der Waals surface area contributed by atoms with Gasteiger partial charge in [0.25, 0.3) is 0 Å². The third-order valence-corrected chi connectivity index (χ3v) is 4.97. The first-order valence-electron chi connectivity index (χ1n) is 9.04. The zero-order valence-corrected chi connectivity index (χ0v) is 16.6. The summed E-state index contributed by atoms with van der Waals surface area (Å²) in [6.45, 7) is 5.04. The molecule has 0 radical (unpaired) electrons. The van der Waals surface area contributed by atoms with Gasteiger partial charge >= 0.3 is 0 Å². The summed E-state index contributed by atoms with van der Waals surface area (Å²) in [5, 5.41) is 3.38. The number of aryl methyl sites for hydroxylation is 2. The van der Waals surface area contributed by atoms with Gasteiger partial charge in [-0.2, -0.15) is 0 Å².